The van der Waals surface area contributed by atoms with Crippen molar-refractivity contribution >= 4 is 32.4 Å². The highest BCUT2D eigenvalue weighted by Crippen LogP contribution is 2.27. The number of amides is 1. The predicted octanol–water partition coefficient (Wildman–Crippen LogP) is 3.55. The van der Waals surface area contributed by atoms with Crippen LogP contribution in [0.5, 0.6) is 0 Å². The molecule has 1 atom stereocenters. The zero-order valence-corrected chi connectivity index (χ0v) is 19.8. The minimum atomic E-state index is -3.90. The van der Waals surface area contributed by atoms with E-state index in [-0.39, 0.29) is 29.8 Å². The molecule has 3 heterocycles. The highest BCUT2D eigenvalue weighted by Gasteiger charge is 2.33. The summed E-state index contributed by atoms with van der Waals surface area (Å²) in [4.78, 5) is 19.4. The van der Waals surface area contributed by atoms with Gasteiger partial charge in [-0.15, -0.1) is 11.3 Å². The first-order valence-electron chi connectivity index (χ1n) is 11.0. The maximum Gasteiger partial charge on any atom is 0.245 e. The Labute approximate surface area is 192 Å². The van der Waals surface area contributed by atoms with Gasteiger partial charge in [0, 0.05) is 37.5 Å². The Kier molecular flexibility index (Phi) is 7.24. The van der Waals surface area contributed by atoms with E-state index in [9.17, 15) is 17.6 Å². The summed E-state index contributed by atoms with van der Waals surface area (Å²) in [6, 6.07) is 5.38. The highest BCUT2D eigenvalue weighted by atomic mass is 32.2. The predicted molar refractivity (Wildman–Crippen MR) is 122 cm³/mol. The lowest BCUT2D eigenvalue weighted by Crippen LogP contribution is -2.41. The summed E-state index contributed by atoms with van der Waals surface area (Å²) >= 11 is 1.42. The van der Waals surface area contributed by atoms with Gasteiger partial charge in [0.15, 0.2) is 5.13 Å². The average molecular weight is 481 g/mol. The fourth-order valence-corrected chi connectivity index (χ4v) is 6.69. The van der Waals surface area contributed by atoms with Crippen molar-refractivity contribution in [3.8, 4) is 0 Å². The number of aromatic nitrogens is 1. The lowest BCUT2D eigenvalue weighted by atomic mass is 9.97. The minimum Gasteiger partial charge on any atom is -0.302 e. The second kappa shape index (κ2) is 9.94. The van der Waals surface area contributed by atoms with E-state index in [4.69, 9.17) is 0 Å². The summed E-state index contributed by atoms with van der Waals surface area (Å²) in [5, 5.41) is 5.46. The molecular formula is C22H29FN4O3S2. The second-order valence-corrected chi connectivity index (χ2v) is 11.5. The molecule has 4 rings (SSSR count). The Morgan fingerprint density at radius 1 is 1.22 bits per heavy atom. The Bertz CT molecular complexity index is 1050. The van der Waals surface area contributed by atoms with Gasteiger partial charge in [-0.05, 0) is 50.3 Å². The van der Waals surface area contributed by atoms with Gasteiger partial charge in [0.25, 0.3) is 0 Å². The molecule has 32 heavy (non-hydrogen) atoms. The molecular weight excluding hydrogens is 451 g/mol. The van der Waals surface area contributed by atoms with E-state index in [0.29, 0.717) is 23.9 Å². The van der Waals surface area contributed by atoms with Crippen LogP contribution in [-0.2, 0) is 21.4 Å². The monoisotopic (exact) mass is 480 g/mol. The quantitative estimate of drug-likeness (QED) is 0.684. The summed E-state index contributed by atoms with van der Waals surface area (Å²) in [7, 11) is -3.90. The SMILES string of the molecule is CC1CCCN(Cc2csc(NC(=O)C3CCN(S(=O)(=O)c4ccccc4F)CC3)n2)C1. The molecule has 2 aromatic rings. The summed E-state index contributed by atoms with van der Waals surface area (Å²) in [5.74, 6) is -0.488. The molecule has 0 bridgehead atoms. The number of nitrogens with zero attached hydrogens (tertiary/aromatic N) is 3. The summed E-state index contributed by atoms with van der Waals surface area (Å²) in [6.07, 6.45) is 3.27. The number of rotatable bonds is 6. The number of nitrogens with one attached hydrogen (secondary N) is 1. The molecule has 0 aliphatic carbocycles. The smallest absolute Gasteiger partial charge is 0.245 e. The Hall–Kier alpha value is -1.88. The van der Waals surface area contributed by atoms with Crippen LogP contribution in [0.1, 0.15) is 38.3 Å². The highest BCUT2D eigenvalue weighted by molar-refractivity contribution is 7.89. The van der Waals surface area contributed by atoms with Crippen molar-refractivity contribution in [1.82, 2.24) is 14.2 Å². The van der Waals surface area contributed by atoms with Gasteiger partial charge in [-0.25, -0.2) is 17.8 Å². The third-order valence-corrected chi connectivity index (χ3v) is 8.93. The van der Waals surface area contributed by atoms with Crippen LogP contribution in [0.4, 0.5) is 9.52 Å². The van der Waals surface area contributed by atoms with E-state index >= 15 is 0 Å². The number of likely N-dealkylation sites (tertiary alicyclic amines) is 1. The van der Waals surface area contributed by atoms with Crippen LogP contribution in [0.25, 0.3) is 0 Å². The van der Waals surface area contributed by atoms with E-state index in [0.717, 1.165) is 31.4 Å². The van der Waals surface area contributed by atoms with Gasteiger partial charge in [0.2, 0.25) is 15.9 Å². The standard InChI is InChI=1S/C22H29FN4O3S2/c1-16-5-4-10-26(13-16)14-18-15-31-22(24-18)25-21(28)17-8-11-27(12-9-17)32(29,30)20-7-3-2-6-19(20)23/h2-3,6-7,15-17H,4-5,8-14H2,1H3,(H,24,25,28). The van der Waals surface area contributed by atoms with Gasteiger partial charge in [0.05, 0.1) is 5.69 Å². The first kappa shape index (κ1) is 23.3. The van der Waals surface area contributed by atoms with Gasteiger partial charge < -0.3 is 5.32 Å². The van der Waals surface area contributed by atoms with Crippen LogP contribution >= 0.6 is 11.3 Å². The third-order valence-electron chi connectivity index (χ3n) is 6.19. The molecule has 0 spiro atoms. The first-order valence-corrected chi connectivity index (χ1v) is 13.4. The maximum absolute atomic E-state index is 14.0. The molecule has 1 amide bonds. The minimum absolute atomic E-state index is 0.138. The molecule has 0 saturated carbocycles. The molecule has 1 aromatic heterocycles. The topological polar surface area (TPSA) is 82.6 Å². The van der Waals surface area contributed by atoms with Gasteiger partial charge in [0.1, 0.15) is 10.7 Å². The lowest BCUT2D eigenvalue weighted by Gasteiger charge is -2.30. The van der Waals surface area contributed by atoms with E-state index in [2.05, 4.69) is 22.1 Å². The molecule has 1 N–H and O–H groups in total. The van der Waals surface area contributed by atoms with E-state index in [1.54, 1.807) is 0 Å². The third kappa shape index (κ3) is 5.36. The maximum atomic E-state index is 14.0. The van der Waals surface area contributed by atoms with E-state index in [1.165, 1.54) is 46.7 Å². The number of anilines is 1. The number of piperidine rings is 2. The van der Waals surface area contributed by atoms with Crippen molar-refractivity contribution < 1.29 is 17.6 Å². The van der Waals surface area contributed by atoms with Crippen molar-refractivity contribution in [3.63, 3.8) is 0 Å². The van der Waals surface area contributed by atoms with Crippen molar-refractivity contribution in [2.45, 2.75) is 44.0 Å². The second-order valence-electron chi connectivity index (χ2n) is 8.72. The summed E-state index contributed by atoms with van der Waals surface area (Å²) in [5.41, 5.74) is 0.963. The van der Waals surface area contributed by atoms with Crippen LogP contribution in [0.3, 0.4) is 0 Å². The van der Waals surface area contributed by atoms with Crippen LogP contribution in [0, 0.1) is 17.7 Å². The van der Waals surface area contributed by atoms with Crippen molar-refractivity contribution in [1.29, 1.82) is 0 Å². The Morgan fingerprint density at radius 2 is 1.97 bits per heavy atom. The number of benzene rings is 1. The molecule has 1 aromatic carbocycles. The Balaban J connectivity index is 1.30. The molecule has 1 unspecified atom stereocenters. The molecule has 2 fully saturated rings. The number of carbonyl (C=O) groups is 1. The van der Waals surface area contributed by atoms with Crippen molar-refractivity contribution in [3.05, 3.63) is 41.2 Å². The summed E-state index contributed by atoms with van der Waals surface area (Å²) < 4.78 is 40.7. The largest absolute Gasteiger partial charge is 0.302 e. The fourth-order valence-electron chi connectivity index (χ4n) is 4.46. The van der Waals surface area contributed by atoms with Crippen LogP contribution < -0.4 is 5.32 Å². The van der Waals surface area contributed by atoms with Crippen LogP contribution in [-0.4, -0.2) is 54.7 Å². The van der Waals surface area contributed by atoms with Crippen molar-refractivity contribution in [2.24, 2.45) is 11.8 Å². The number of hydrogen-bond acceptors (Lipinski definition) is 6. The average Bonchev–Trinajstić information content (AvgIpc) is 3.20. The van der Waals surface area contributed by atoms with Crippen molar-refractivity contribution in [2.75, 3.05) is 31.5 Å². The number of thiazole rings is 1. The van der Waals surface area contributed by atoms with Crippen LogP contribution in [0.2, 0.25) is 0 Å². The molecule has 0 radical (unpaired) electrons. The number of carbonyl (C=O) groups excluding carboxylic acids is 1. The first-order chi connectivity index (χ1) is 15.3. The van der Waals surface area contributed by atoms with Gasteiger partial charge in [-0.1, -0.05) is 19.1 Å². The normalized spacial score (nSPS) is 21.5. The summed E-state index contributed by atoms with van der Waals surface area (Å²) in [6.45, 7) is 5.59. The Morgan fingerprint density at radius 3 is 2.69 bits per heavy atom. The number of hydrogen-bond donors (Lipinski definition) is 1. The molecule has 174 valence electrons. The van der Waals surface area contributed by atoms with E-state index in [1.807, 2.05) is 5.38 Å². The molecule has 2 saturated heterocycles. The fraction of sp³-hybridized carbons (Fsp3) is 0.545. The lowest BCUT2D eigenvalue weighted by molar-refractivity contribution is -0.120. The molecule has 10 heteroatoms. The zero-order chi connectivity index (χ0) is 22.7. The molecule has 2 aliphatic heterocycles. The zero-order valence-electron chi connectivity index (χ0n) is 18.2. The molecule has 7 nitrogen and oxygen atoms in total. The number of halogens is 1. The van der Waals surface area contributed by atoms with Crippen LogP contribution in [0.15, 0.2) is 34.5 Å². The van der Waals surface area contributed by atoms with Gasteiger partial charge in [-0.2, -0.15) is 4.31 Å². The van der Waals surface area contributed by atoms with Gasteiger partial charge in [-0.3, -0.25) is 9.69 Å². The van der Waals surface area contributed by atoms with E-state index < -0.39 is 15.8 Å². The molecule has 2 aliphatic rings. The van der Waals surface area contributed by atoms with Gasteiger partial charge >= 0.3 is 0 Å². The number of sulfonamides is 1.